The Kier molecular flexibility index (Phi) is 6.62. The lowest BCUT2D eigenvalue weighted by Crippen LogP contribution is -2.36. The maximum Gasteiger partial charge on any atom is 0.439 e. The van der Waals surface area contributed by atoms with Gasteiger partial charge in [-0.2, -0.15) is 0 Å². The Bertz CT molecular complexity index is 1340. The number of anilines is 2. The van der Waals surface area contributed by atoms with Gasteiger partial charge in [-0.3, -0.25) is 24.0 Å². The predicted molar refractivity (Wildman–Crippen MR) is 132 cm³/mol. The minimum Gasteiger partial charge on any atom is -0.481 e. The first-order valence-corrected chi connectivity index (χ1v) is 11.9. The van der Waals surface area contributed by atoms with Crippen LogP contribution >= 0.6 is 0 Å². The lowest BCUT2D eigenvalue weighted by molar-refractivity contribution is -0.142. The molecule has 0 spiro atoms. The summed E-state index contributed by atoms with van der Waals surface area (Å²) >= 11 is 0. The van der Waals surface area contributed by atoms with Gasteiger partial charge in [0.05, 0.1) is 19.0 Å². The van der Waals surface area contributed by atoms with Gasteiger partial charge >= 0.3 is 17.8 Å². The summed E-state index contributed by atoms with van der Waals surface area (Å²) in [5.41, 5.74) is 2.66. The lowest BCUT2D eigenvalue weighted by atomic mass is 9.97. The molecule has 0 unspecified atom stereocenters. The molecule has 1 atom stereocenters. The average molecular weight is 508 g/mol. The van der Waals surface area contributed by atoms with Crippen LogP contribution in [0.5, 0.6) is 0 Å². The van der Waals surface area contributed by atoms with E-state index in [1.807, 2.05) is 24.3 Å². The molecule has 2 saturated heterocycles. The zero-order chi connectivity index (χ0) is 25.9. The van der Waals surface area contributed by atoms with E-state index in [9.17, 15) is 19.2 Å². The molecule has 3 heterocycles. The van der Waals surface area contributed by atoms with E-state index in [0.29, 0.717) is 49.3 Å². The maximum atomic E-state index is 12.5. The molecule has 0 radical (unpaired) electrons. The molecule has 192 valence electrons. The molecule has 12 heteroatoms. The monoisotopic (exact) mass is 507 g/mol. The van der Waals surface area contributed by atoms with Gasteiger partial charge < -0.3 is 20.1 Å². The number of H-pyrrole nitrogens is 1. The van der Waals surface area contributed by atoms with Gasteiger partial charge in [0.15, 0.2) is 5.82 Å². The Balaban J connectivity index is 1.13. The van der Waals surface area contributed by atoms with Crippen LogP contribution in [0.3, 0.4) is 0 Å². The highest BCUT2D eigenvalue weighted by molar-refractivity contribution is 5.95. The summed E-state index contributed by atoms with van der Waals surface area (Å²) in [6.45, 7) is 1.79. The molecule has 0 aliphatic carbocycles. The number of benzene rings is 2. The summed E-state index contributed by atoms with van der Waals surface area (Å²) in [7, 11) is 0. The number of ether oxygens (including phenoxy) is 1. The molecular formula is C25H25N5O7. The zero-order valence-electron chi connectivity index (χ0n) is 19.8. The molecule has 3 aromatic rings. The van der Waals surface area contributed by atoms with Gasteiger partial charge in [0.2, 0.25) is 0 Å². The number of nitrogens with one attached hydrogen (secondary N) is 2. The number of cyclic esters (lactones) is 1. The number of carboxylic acids is 1. The molecule has 2 aromatic carbocycles. The summed E-state index contributed by atoms with van der Waals surface area (Å²) in [6, 6.07) is 14.0. The minimum absolute atomic E-state index is 0.149. The summed E-state index contributed by atoms with van der Waals surface area (Å²) in [5.74, 6) is -1.76. The fraction of sp³-hybridized carbons (Fsp3) is 0.320. The van der Waals surface area contributed by atoms with E-state index in [0.717, 1.165) is 5.69 Å². The first-order valence-electron chi connectivity index (χ1n) is 11.9. The molecule has 2 fully saturated rings. The highest BCUT2D eigenvalue weighted by Crippen LogP contribution is 2.28. The van der Waals surface area contributed by atoms with Gasteiger partial charge in [-0.25, -0.2) is 9.59 Å². The molecule has 2 aliphatic rings. The van der Waals surface area contributed by atoms with Crippen LogP contribution in [0.1, 0.15) is 23.2 Å². The third-order valence-electron chi connectivity index (χ3n) is 6.60. The van der Waals surface area contributed by atoms with Crippen molar-refractivity contribution in [2.24, 2.45) is 5.92 Å². The third-order valence-corrected chi connectivity index (χ3v) is 6.60. The summed E-state index contributed by atoms with van der Waals surface area (Å²) < 4.78 is 9.91. The SMILES string of the molecule is O=C(NC[C@H]1CN(c2ccc(N3CCC(C(=O)O)CC3)cc2)C(=O)O1)c1ccc(-c2noc(=O)[nH]2)cc1. The molecule has 5 rings (SSSR count). The van der Waals surface area contributed by atoms with Crippen molar-refractivity contribution in [3.63, 3.8) is 0 Å². The first kappa shape index (κ1) is 24.1. The van der Waals surface area contributed by atoms with Crippen LogP contribution < -0.4 is 20.9 Å². The highest BCUT2D eigenvalue weighted by atomic mass is 16.6. The van der Waals surface area contributed by atoms with Crippen molar-refractivity contribution in [1.82, 2.24) is 15.5 Å². The van der Waals surface area contributed by atoms with Gasteiger partial charge in [0.25, 0.3) is 5.91 Å². The van der Waals surface area contributed by atoms with Crippen LogP contribution in [0.25, 0.3) is 11.4 Å². The molecule has 0 bridgehead atoms. The van der Waals surface area contributed by atoms with Crippen LogP contribution in [0.4, 0.5) is 16.2 Å². The van der Waals surface area contributed by atoms with Gasteiger partial charge in [-0.15, -0.1) is 0 Å². The number of piperidine rings is 1. The van der Waals surface area contributed by atoms with Crippen molar-refractivity contribution in [1.29, 1.82) is 0 Å². The van der Waals surface area contributed by atoms with Crippen LogP contribution in [-0.2, 0) is 9.53 Å². The number of carboxylic acid groups (broad SMARTS) is 1. The normalized spacial score (nSPS) is 18.1. The highest BCUT2D eigenvalue weighted by Gasteiger charge is 2.33. The number of amides is 2. The number of carbonyl (C=O) groups excluding carboxylic acids is 2. The van der Waals surface area contributed by atoms with Crippen LogP contribution in [-0.4, -0.2) is 65.5 Å². The lowest BCUT2D eigenvalue weighted by Gasteiger charge is -2.32. The maximum absolute atomic E-state index is 12.5. The average Bonchev–Trinajstić information content (AvgIpc) is 3.52. The Labute approximate surface area is 210 Å². The fourth-order valence-corrected chi connectivity index (χ4v) is 4.51. The molecule has 0 saturated carbocycles. The number of hydrogen-bond donors (Lipinski definition) is 3. The number of rotatable bonds is 7. The molecule has 2 amide bonds. The molecule has 12 nitrogen and oxygen atoms in total. The van der Waals surface area contributed by atoms with E-state index in [4.69, 9.17) is 9.84 Å². The zero-order valence-corrected chi connectivity index (χ0v) is 19.8. The van der Waals surface area contributed by atoms with E-state index in [1.165, 1.54) is 4.90 Å². The number of aliphatic carboxylic acids is 1. The molecule has 37 heavy (non-hydrogen) atoms. The molecule has 2 aliphatic heterocycles. The van der Waals surface area contributed by atoms with E-state index < -0.39 is 23.9 Å². The number of aromatic nitrogens is 2. The third kappa shape index (κ3) is 5.32. The Hall–Kier alpha value is -4.61. The van der Waals surface area contributed by atoms with Gasteiger partial charge in [-0.05, 0) is 49.2 Å². The predicted octanol–water partition coefficient (Wildman–Crippen LogP) is 2.09. The summed E-state index contributed by atoms with van der Waals surface area (Å²) in [4.78, 5) is 53.3. The largest absolute Gasteiger partial charge is 0.481 e. The number of hydrogen-bond acceptors (Lipinski definition) is 8. The second-order valence-electron chi connectivity index (χ2n) is 8.96. The molecular weight excluding hydrogens is 482 g/mol. The van der Waals surface area contributed by atoms with E-state index in [1.54, 1.807) is 24.3 Å². The van der Waals surface area contributed by atoms with Gasteiger partial charge in [-0.1, -0.05) is 17.3 Å². The van der Waals surface area contributed by atoms with Crippen molar-refractivity contribution >= 4 is 29.3 Å². The summed E-state index contributed by atoms with van der Waals surface area (Å²) in [6.07, 6.45) is 0.219. The minimum atomic E-state index is -0.743. The van der Waals surface area contributed by atoms with Crippen LogP contribution in [0.15, 0.2) is 57.8 Å². The van der Waals surface area contributed by atoms with E-state index in [2.05, 4.69) is 24.9 Å². The summed E-state index contributed by atoms with van der Waals surface area (Å²) in [5, 5.41) is 15.6. The topological polar surface area (TPSA) is 158 Å². The first-order chi connectivity index (χ1) is 17.9. The quantitative estimate of drug-likeness (QED) is 0.435. The number of carbonyl (C=O) groups is 3. The number of nitrogens with zero attached hydrogens (tertiary/aromatic N) is 3. The van der Waals surface area contributed by atoms with E-state index >= 15 is 0 Å². The number of aromatic amines is 1. The van der Waals surface area contributed by atoms with E-state index in [-0.39, 0.29) is 24.2 Å². The Morgan fingerprint density at radius 3 is 2.32 bits per heavy atom. The van der Waals surface area contributed by atoms with Crippen molar-refractivity contribution in [3.05, 3.63) is 64.6 Å². The Morgan fingerprint density at radius 1 is 1.03 bits per heavy atom. The van der Waals surface area contributed by atoms with Crippen molar-refractivity contribution in [3.8, 4) is 11.4 Å². The molecule has 1 aromatic heterocycles. The van der Waals surface area contributed by atoms with Gasteiger partial charge in [0.1, 0.15) is 6.10 Å². The smallest absolute Gasteiger partial charge is 0.439 e. The Morgan fingerprint density at radius 2 is 1.70 bits per heavy atom. The fourth-order valence-electron chi connectivity index (χ4n) is 4.51. The van der Waals surface area contributed by atoms with Crippen LogP contribution in [0, 0.1) is 5.92 Å². The van der Waals surface area contributed by atoms with Crippen LogP contribution in [0.2, 0.25) is 0 Å². The van der Waals surface area contributed by atoms with Gasteiger partial charge in [0, 0.05) is 35.6 Å². The van der Waals surface area contributed by atoms with Crippen molar-refractivity contribution < 1.29 is 28.8 Å². The van der Waals surface area contributed by atoms with Crippen molar-refractivity contribution in [2.75, 3.05) is 36.0 Å². The second-order valence-corrected chi connectivity index (χ2v) is 8.96. The molecule has 3 N–H and O–H groups in total. The van der Waals surface area contributed by atoms with Crippen molar-refractivity contribution in [2.45, 2.75) is 18.9 Å². The standard InChI is InChI=1S/C25H25N5O7/c31-22(16-3-1-15(2-4-16)21-27-24(34)37-28-21)26-13-20-14-30(25(35)36-20)19-7-5-18(6-8-19)29-11-9-17(10-12-29)23(32)33/h1-8,17,20H,9-14H2,(H,26,31)(H,32,33)(H,27,28,34)/t20-/m0/s1. The second kappa shape index (κ2) is 10.2.